The zero-order valence-electron chi connectivity index (χ0n) is 10.5. The molecule has 100 valence electrons. The van der Waals surface area contributed by atoms with Crippen LogP contribution in [0, 0.1) is 5.92 Å². The van der Waals surface area contributed by atoms with E-state index in [9.17, 15) is 8.42 Å². The van der Waals surface area contributed by atoms with Crippen LogP contribution in [0.3, 0.4) is 0 Å². The normalized spacial score (nSPS) is 16.6. The summed E-state index contributed by atoms with van der Waals surface area (Å²) >= 11 is 0. The minimum atomic E-state index is -3.47. The largest absolute Gasteiger partial charge is 0.492 e. The number of hydrogen-bond donors (Lipinski definition) is 0. The fourth-order valence-electron chi connectivity index (χ4n) is 1.57. The van der Waals surface area contributed by atoms with Crippen LogP contribution in [-0.2, 0) is 14.8 Å². The number of nitrogens with zero attached hydrogens (tertiary/aromatic N) is 1. The average Bonchev–Trinajstić information content (AvgIpc) is 2.27. The lowest BCUT2D eigenvalue weighted by Crippen LogP contribution is -2.33. The Morgan fingerprint density at radius 3 is 2.56 bits per heavy atom. The third-order valence-corrected chi connectivity index (χ3v) is 4.64. The molecule has 0 unspecified atom stereocenters. The van der Waals surface area contributed by atoms with E-state index in [4.69, 9.17) is 9.47 Å². The van der Waals surface area contributed by atoms with E-state index in [2.05, 4.69) is 0 Å². The lowest BCUT2D eigenvalue weighted by Gasteiger charge is -2.26. The predicted octanol–water partition coefficient (Wildman–Crippen LogP) is 0.962. The van der Waals surface area contributed by atoms with Crippen LogP contribution in [0.2, 0.25) is 0 Å². The molecule has 0 N–H and O–H groups in total. The summed E-state index contributed by atoms with van der Waals surface area (Å²) in [6.45, 7) is 1.85. The monoisotopic (exact) mass is 271 g/mol. The van der Waals surface area contributed by atoms with Crippen LogP contribution in [0.4, 0.5) is 0 Å². The van der Waals surface area contributed by atoms with E-state index >= 15 is 0 Å². The van der Waals surface area contributed by atoms with Crippen molar-refractivity contribution in [2.24, 2.45) is 5.92 Å². The summed E-state index contributed by atoms with van der Waals surface area (Å²) < 4.78 is 36.0. The highest BCUT2D eigenvalue weighted by Gasteiger charge is 2.24. The number of hydrogen-bond acceptors (Lipinski definition) is 4. The minimum absolute atomic E-state index is 0.204. The third kappa shape index (κ3) is 2.66. The van der Waals surface area contributed by atoms with Gasteiger partial charge >= 0.3 is 0 Å². The van der Waals surface area contributed by atoms with Gasteiger partial charge in [-0.05, 0) is 12.1 Å². The maximum Gasteiger partial charge on any atom is 0.246 e. The number of sulfonamides is 1. The average molecular weight is 271 g/mol. The summed E-state index contributed by atoms with van der Waals surface area (Å²) in [5, 5.41) is 0. The van der Waals surface area contributed by atoms with E-state index in [1.807, 2.05) is 0 Å². The molecule has 0 aliphatic carbocycles. The second-order valence-electron chi connectivity index (χ2n) is 4.45. The first kappa shape index (κ1) is 13.3. The molecule has 18 heavy (non-hydrogen) atoms. The van der Waals surface area contributed by atoms with E-state index in [1.165, 1.54) is 18.4 Å². The molecule has 1 fully saturated rings. The van der Waals surface area contributed by atoms with Gasteiger partial charge in [0.25, 0.3) is 0 Å². The zero-order valence-corrected chi connectivity index (χ0v) is 11.3. The van der Waals surface area contributed by atoms with E-state index in [0.717, 1.165) is 0 Å². The van der Waals surface area contributed by atoms with E-state index < -0.39 is 10.0 Å². The van der Waals surface area contributed by atoms with Gasteiger partial charge in [-0.15, -0.1) is 0 Å². The smallest absolute Gasteiger partial charge is 0.246 e. The molecule has 2 rings (SSSR count). The Morgan fingerprint density at radius 1 is 1.33 bits per heavy atom. The Labute approximate surface area is 107 Å². The Bertz CT molecular complexity index is 509. The van der Waals surface area contributed by atoms with Crippen molar-refractivity contribution in [3.05, 3.63) is 24.3 Å². The first-order chi connectivity index (χ1) is 8.51. The van der Waals surface area contributed by atoms with Gasteiger partial charge in [-0.2, -0.15) is 0 Å². The standard InChI is InChI=1S/C12H17NO4S/c1-13(2)18(14,15)12-6-4-3-5-11(12)17-9-10-7-16-8-10/h3-6,10H,7-9H2,1-2H3. The highest BCUT2D eigenvalue weighted by Crippen LogP contribution is 2.26. The van der Waals surface area contributed by atoms with Crippen molar-refractivity contribution in [1.82, 2.24) is 4.31 Å². The molecule has 0 bridgehead atoms. The third-order valence-electron chi connectivity index (χ3n) is 2.79. The molecule has 0 aromatic heterocycles. The van der Waals surface area contributed by atoms with Gasteiger partial charge < -0.3 is 9.47 Å². The van der Waals surface area contributed by atoms with Gasteiger partial charge in [0.1, 0.15) is 10.6 Å². The lowest BCUT2D eigenvalue weighted by molar-refractivity contribution is -0.0512. The van der Waals surface area contributed by atoms with Crippen LogP contribution in [-0.4, -0.2) is 46.6 Å². The van der Waals surface area contributed by atoms with Crippen LogP contribution in [0.1, 0.15) is 0 Å². The van der Waals surface area contributed by atoms with Gasteiger partial charge in [-0.25, -0.2) is 12.7 Å². The summed E-state index contributed by atoms with van der Waals surface area (Å²) in [6.07, 6.45) is 0. The summed E-state index contributed by atoms with van der Waals surface area (Å²) in [6, 6.07) is 6.69. The van der Waals surface area contributed by atoms with Crippen molar-refractivity contribution in [3.8, 4) is 5.75 Å². The molecule has 6 heteroatoms. The predicted molar refractivity (Wildman–Crippen MR) is 67.1 cm³/mol. The maximum absolute atomic E-state index is 12.1. The molecule has 0 saturated carbocycles. The summed E-state index contributed by atoms with van der Waals surface area (Å²) in [5.74, 6) is 0.762. The van der Waals surface area contributed by atoms with Gasteiger partial charge in [0.2, 0.25) is 10.0 Å². The molecular formula is C12H17NO4S. The number of rotatable bonds is 5. The Balaban J connectivity index is 2.19. The molecule has 1 aromatic carbocycles. The van der Waals surface area contributed by atoms with Crippen molar-refractivity contribution in [3.63, 3.8) is 0 Å². The maximum atomic E-state index is 12.1. The molecule has 5 nitrogen and oxygen atoms in total. The molecule has 1 saturated heterocycles. The SMILES string of the molecule is CN(C)S(=O)(=O)c1ccccc1OCC1COC1. The second kappa shape index (κ2) is 5.26. The second-order valence-corrected chi connectivity index (χ2v) is 6.57. The molecule has 1 aliphatic rings. The minimum Gasteiger partial charge on any atom is -0.492 e. The quantitative estimate of drug-likeness (QED) is 0.800. The number of ether oxygens (including phenoxy) is 2. The molecule has 0 spiro atoms. The first-order valence-electron chi connectivity index (χ1n) is 5.74. The van der Waals surface area contributed by atoms with Crippen molar-refractivity contribution in [1.29, 1.82) is 0 Å². The van der Waals surface area contributed by atoms with E-state index in [1.54, 1.807) is 24.3 Å². The topological polar surface area (TPSA) is 55.8 Å². The van der Waals surface area contributed by atoms with E-state index in [-0.39, 0.29) is 4.90 Å². The van der Waals surface area contributed by atoms with Crippen molar-refractivity contribution in [2.45, 2.75) is 4.90 Å². The number of para-hydroxylation sites is 1. The Kier molecular flexibility index (Phi) is 3.89. The molecule has 1 aromatic rings. The fraction of sp³-hybridized carbons (Fsp3) is 0.500. The summed E-state index contributed by atoms with van der Waals surface area (Å²) in [4.78, 5) is 0.204. The van der Waals surface area contributed by atoms with Crippen LogP contribution >= 0.6 is 0 Å². The zero-order chi connectivity index (χ0) is 13.2. The van der Waals surface area contributed by atoms with E-state index in [0.29, 0.717) is 31.5 Å². The molecule has 0 radical (unpaired) electrons. The Morgan fingerprint density at radius 2 is 2.00 bits per heavy atom. The lowest BCUT2D eigenvalue weighted by atomic mass is 10.1. The van der Waals surface area contributed by atoms with Crippen LogP contribution in [0.5, 0.6) is 5.75 Å². The molecule has 1 aliphatic heterocycles. The van der Waals surface area contributed by atoms with Crippen molar-refractivity contribution in [2.75, 3.05) is 33.9 Å². The summed E-state index contributed by atoms with van der Waals surface area (Å²) in [7, 11) is -0.455. The van der Waals surface area contributed by atoms with Gasteiger partial charge in [-0.3, -0.25) is 0 Å². The van der Waals surface area contributed by atoms with Crippen LogP contribution in [0.15, 0.2) is 29.2 Å². The summed E-state index contributed by atoms with van der Waals surface area (Å²) in [5.41, 5.74) is 0. The van der Waals surface area contributed by atoms with Gasteiger partial charge in [0.15, 0.2) is 0 Å². The van der Waals surface area contributed by atoms with Gasteiger partial charge in [-0.1, -0.05) is 12.1 Å². The molecule has 0 amide bonds. The molecule has 1 heterocycles. The number of benzene rings is 1. The van der Waals surface area contributed by atoms with Crippen molar-refractivity contribution >= 4 is 10.0 Å². The first-order valence-corrected chi connectivity index (χ1v) is 7.18. The molecule has 0 atom stereocenters. The highest BCUT2D eigenvalue weighted by molar-refractivity contribution is 7.89. The fourth-order valence-corrected chi connectivity index (χ4v) is 2.59. The van der Waals surface area contributed by atoms with Crippen molar-refractivity contribution < 1.29 is 17.9 Å². The van der Waals surface area contributed by atoms with Gasteiger partial charge in [0.05, 0.1) is 19.8 Å². The Hall–Kier alpha value is -1.11. The molecular weight excluding hydrogens is 254 g/mol. The van der Waals surface area contributed by atoms with Gasteiger partial charge in [0, 0.05) is 20.0 Å². The van der Waals surface area contributed by atoms with Crippen LogP contribution < -0.4 is 4.74 Å². The van der Waals surface area contributed by atoms with Crippen LogP contribution in [0.25, 0.3) is 0 Å². The highest BCUT2D eigenvalue weighted by atomic mass is 32.2.